The van der Waals surface area contributed by atoms with Gasteiger partial charge in [-0.05, 0) is 30.1 Å². The van der Waals surface area contributed by atoms with Crippen LogP contribution in [0.1, 0.15) is 10.6 Å². The summed E-state index contributed by atoms with van der Waals surface area (Å²) in [4.78, 5) is 1.23. The summed E-state index contributed by atoms with van der Waals surface area (Å²) in [6.45, 7) is 3.78. The average Bonchev–Trinajstić information content (AvgIpc) is 2.52. The predicted molar refractivity (Wildman–Crippen MR) is 57.3 cm³/mol. The number of aromatic nitrogens is 1. The minimum atomic E-state index is 0.117. The van der Waals surface area contributed by atoms with E-state index in [2.05, 4.69) is 21.8 Å². The fourth-order valence-corrected chi connectivity index (χ4v) is 2.40. The van der Waals surface area contributed by atoms with Crippen LogP contribution in [0.25, 0.3) is 5.57 Å². The van der Waals surface area contributed by atoms with E-state index in [-0.39, 0.29) is 5.38 Å². The molecule has 0 saturated carbocycles. The topological polar surface area (TPSA) is 24.9 Å². The highest BCUT2D eigenvalue weighted by Gasteiger charge is 2.13. The Morgan fingerprint density at radius 1 is 1.69 bits per heavy atom. The van der Waals surface area contributed by atoms with E-state index in [1.54, 1.807) is 11.5 Å². The third kappa shape index (κ3) is 2.10. The molecule has 1 aromatic heterocycles. The number of hydrogen-bond donors (Lipinski definition) is 1. The molecule has 4 heteroatoms. The molecule has 0 amide bonds. The first kappa shape index (κ1) is 9.19. The highest BCUT2D eigenvalue weighted by Crippen LogP contribution is 2.22. The van der Waals surface area contributed by atoms with Gasteiger partial charge in [0.2, 0.25) is 0 Å². The van der Waals surface area contributed by atoms with Crippen LogP contribution in [0.4, 0.5) is 0 Å². The third-order valence-corrected chi connectivity index (χ3v) is 3.22. The molecule has 70 valence electrons. The first-order valence-electron chi connectivity index (χ1n) is 4.25. The minimum Gasteiger partial charge on any atom is -0.311 e. The molecule has 0 spiro atoms. The Morgan fingerprint density at radius 2 is 2.54 bits per heavy atom. The Kier molecular flexibility index (Phi) is 2.67. The summed E-state index contributed by atoms with van der Waals surface area (Å²) < 4.78 is 4.25. The Morgan fingerprint density at radius 3 is 3.15 bits per heavy atom. The number of aryl methyl sites for hydroxylation is 1. The lowest BCUT2D eigenvalue weighted by Crippen LogP contribution is -2.28. The molecule has 1 aromatic rings. The summed E-state index contributed by atoms with van der Waals surface area (Å²) in [7, 11) is 0. The maximum atomic E-state index is 6.01. The summed E-state index contributed by atoms with van der Waals surface area (Å²) in [5, 5.41) is 3.39. The molecular weight excluding hydrogens is 204 g/mol. The average molecular weight is 215 g/mol. The van der Waals surface area contributed by atoms with Gasteiger partial charge >= 0.3 is 0 Å². The molecule has 1 atom stereocenters. The maximum Gasteiger partial charge on any atom is 0.0647 e. The van der Waals surface area contributed by atoms with E-state index in [4.69, 9.17) is 11.6 Å². The lowest BCUT2D eigenvalue weighted by atomic mass is 10.1. The zero-order chi connectivity index (χ0) is 9.26. The second-order valence-corrected chi connectivity index (χ2v) is 4.54. The van der Waals surface area contributed by atoms with Crippen molar-refractivity contribution in [2.75, 3.05) is 13.1 Å². The van der Waals surface area contributed by atoms with Crippen molar-refractivity contribution >= 4 is 28.7 Å². The standard InChI is InChI=1S/C9H11ClN2S/c1-6-2-9(13-12-6)7-3-8(10)5-11-4-7/h2-3,8,11H,4-5H2,1H3. The van der Waals surface area contributed by atoms with E-state index < -0.39 is 0 Å². The van der Waals surface area contributed by atoms with Gasteiger partial charge in [0.25, 0.3) is 0 Å². The van der Waals surface area contributed by atoms with Gasteiger partial charge < -0.3 is 5.32 Å². The van der Waals surface area contributed by atoms with Gasteiger partial charge in [-0.25, -0.2) is 0 Å². The van der Waals surface area contributed by atoms with Crippen LogP contribution >= 0.6 is 23.1 Å². The Balaban J connectivity index is 2.25. The van der Waals surface area contributed by atoms with Crippen molar-refractivity contribution in [3.05, 3.63) is 22.7 Å². The molecule has 2 heterocycles. The van der Waals surface area contributed by atoms with Crippen LogP contribution in [0.2, 0.25) is 0 Å². The number of nitrogens with zero attached hydrogens (tertiary/aromatic N) is 1. The van der Waals surface area contributed by atoms with Crippen molar-refractivity contribution in [1.29, 1.82) is 0 Å². The van der Waals surface area contributed by atoms with E-state index in [1.807, 2.05) is 6.92 Å². The van der Waals surface area contributed by atoms with Crippen LogP contribution in [-0.2, 0) is 0 Å². The van der Waals surface area contributed by atoms with E-state index in [9.17, 15) is 0 Å². The van der Waals surface area contributed by atoms with Gasteiger partial charge in [0.05, 0.1) is 15.9 Å². The summed E-state index contributed by atoms with van der Waals surface area (Å²) in [6, 6.07) is 2.10. The van der Waals surface area contributed by atoms with Crippen molar-refractivity contribution in [3.8, 4) is 0 Å². The first-order chi connectivity index (χ1) is 6.25. The molecule has 0 radical (unpaired) electrons. The molecule has 0 aromatic carbocycles. The summed E-state index contributed by atoms with van der Waals surface area (Å²) in [5.74, 6) is 0. The van der Waals surface area contributed by atoms with Gasteiger partial charge in [0, 0.05) is 13.1 Å². The lowest BCUT2D eigenvalue weighted by Gasteiger charge is -2.16. The summed E-state index contributed by atoms with van der Waals surface area (Å²) >= 11 is 7.55. The smallest absolute Gasteiger partial charge is 0.0647 e. The van der Waals surface area contributed by atoms with Crippen molar-refractivity contribution in [1.82, 2.24) is 9.69 Å². The van der Waals surface area contributed by atoms with Crippen molar-refractivity contribution in [3.63, 3.8) is 0 Å². The van der Waals surface area contributed by atoms with E-state index in [0.29, 0.717) is 0 Å². The first-order valence-corrected chi connectivity index (χ1v) is 5.46. The van der Waals surface area contributed by atoms with Crippen molar-refractivity contribution < 1.29 is 0 Å². The Bertz CT molecular complexity index is 332. The molecule has 0 bridgehead atoms. The minimum absolute atomic E-state index is 0.117. The van der Waals surface area contributed by atoms with Crippen molar-refractivity contribution in [2.45, 2.75) is 12.3 Å². The van der Waals surface area contributed by atoms with Gasteiger partial charge in [-0.2, -0.15) is 4.37 Å². The number of alkyl halides is 1. The molecule has 0 fully saturated rings. The fourth-order valence-electron chi connectivity index (χ4n) is 1.37. The van der Waals surface area contributed by atoms with Crippen LogP contribution in [0.3, 0.4) is 0 Å². The van der Waals surface area contributed by atoms with E-state index >= 15 is 0 Å². The Labute approximate surface area is 86.8 Å². The van der Waals surface area contributed by atoms with Crippen LogP contribution in [0.5, 0.6) is 0 Å². The van der Waals surface area contributed by atoms with Gasteiger partial charge in [0.15, 0.2) is 0 Å². The molecule has 0 aliphatic carbocycles. The van der Waals surface area contributed by atoms with Crippen LogP contribution in [0.15, 0.2) is 12.1 Å². The zero-order valence-electron chi connectivity index (χ0n) is 7.38. The molecule has 13 heavy (non-hydrogen) atoms. The monoisotopic (exact) mass is 214 g/mol. The second kappa shape index (κ2) is 3.78. The van der Waals surface area contributed by atoms with Crippen molar-refractivity contribution in [2.24, 2.45) is 0 Å². The molecule has 1 N–H and O–H groups in total. The fraction of sp³-hybridized carbons (Fsp3) is 0.444. The SMILES string of the molecule is Cc1cc(C2=CC(Cl)CNC2)sn1. The Hall–Kier alpha value is -0.380. The van der Waals surface area contributed by atoms with Crippen LogP contribution < -0.4 is 5.32 Å². The van der Waals surface area contributed by atoms with Gasteiger partial charge in [-0.1, -0.05) is 6.08 Å². The van der Waals surface area contributed by atoms with Crippen LogP contribution in [-0.4, -0.2) is 22.8 Å². The largest absolute Gasteiger partial charge is 0.311 e. The molecule has 1 unspecified atom stereocenters. The number of rotatable bonds is 1. The number of halogens is 1. The molecule has 1 aliphatic heterocycles. The quantitative estimate of drug-likeness (QED) is 0.724. The van der Waals surface area contributed by atoms with Gasteiger partial charge in [-0.15, -0.1) is 11.6 Å². The van der Waals surface area contributed by atoms with Gasteiger partial charge in [0.1, 0.15) is 0 Å². The number of nitrogens with one attached hydrogen (secondary N) is 1. The molecule has 2 nitrogen and oxygen atoms in total. The zero-order valence-corrected chi connectivity index (χ0v) is 8.95. The third-order valence-electron chi connectivity index (χ3n) is 1.98. The van der Waals surface area contributed by atoms with Crippen LogP contribution in [0, 0.1) is 6.92 Å². The molecule has 1 aliphatic rings. The highest BCUT2D eigenvalue weighted by molar-refractivity contribution is 7.07. The second-order valence-electron chi connectivity index (χ2n) is 3.17. The van der Waals surface area contributed by atoms with E-state index in [1.165, 1.54) is 10.5 Å². The lowest BCUT2D eigenvalue weighted by molar-refractivity contribution is 0.745. The molecule has 2 rings (SSSR count). The summed E-state index contributed by atoms with van der Waals surface area (Å²) in [6.07, 6.45) is 2.12. The highest BCUT2D eigenvalue weighted by atomic mass is 35.5. The predicted octanol–water partition coefficient (Wildman–Crippen LogP) is 2.05. The van der Waals surface area contributed by atoms with Gasteiger partial charge in [-0.3, -0.25) is 0 Å². The van der Waals surface area contributed by atoms with E-state index in [0.717, 1.165) is 18.8 Å². The maximum absolute atomic E-state index is 6.01. The molecular formula is C9H11ClN2S. The number of hydrogen-bond acceptors (Lipinski definition) is 3. The molecule has 0 saturated heterocycles. The normalized spacial score (nSPS) is 22.9. The summed E-state index contributed by atoms with van der Waals surface area (Å²) in [5.41, 5.74) is 2.36.